The predicted octanol–water partition coefficient (Wildman–Crippen LogP) is 3.40. The zero-order chi connectivity index (χ0) is 21.5. The lowest BCUT2D eigenvalue weighted by atomic mass is 10.1. The van der Waals surface area contributed by atoms with Gasteiger partial charge in [-0.15, -0.1) is 10.2 Å². The summed E-state index contributed by atoms with van der Waals surface area (Å²) in [4.78, 5) is 7.08. The Morgan fingerprint density at radius 3 is 2.84 bits per heavy atom. The molecule has 1 unspecified atom stereocenters. The van der Waals surface area contributed by atoms with Gasteiger partial charge in [-0.25, -0.2) is 9.37 Å². The van der Waals surface area contributed by atoms with Crippen molar-refractivity contribution in [3.8, 4) is 17.3 Å². The third-order valence-electron chi connectivity index (χ3n) is 5.51. The molecule has 0 saturated carbocycles. The number of rotatable bonds is 5. The van der Waals surface area contributed by atoms with Crippen LogP contribution in [0.1, 0.15) is 25.8 Å². The number of nitrogens with zero attached hydrogens (tertiary/aromatic N) is 5. The molecular formula is C23H25FN6O. The maximum absolute atomic E-state index is 14.3. The molecule has 1 aliphatic rings. The molecule has 0 bridgehead atoms. The molecular weight excluding hydrogens is 395 g/mol. The van der Waals surface area contributed by atoms with Gasteiger partial charge in [0, 0.05) is 43.3 Å². The zero-order valence-corrected chi connectivity index (χ0v) is 17.6. The number of nitrogens with two attached hydrogens (primary N) is 1. The molecule has 1 fully saturated rings. The Morgan fingerprint density at radius 1 is 1.19 bits per heavy atom. The Balaban J connectivity index is 1.51. The topological polar surface area (TPSA) is 81.6 Å². The smallest absolute Gasteiger partial charge is 0.187 e. The molecule has 0 radical (unpaired) electrons. The fraction of sp³-hybridized carbons (Fsp3) is 0.348. The summed E-state index contributed by atoms with van der Waals surface area (Å²) in [5, 5.41) is 9.35. The summed E-state index contributed by atoms with van der Waals surface area (Å²) >= 11 is 0. The Bertz CT molecular complexity index is 1250. The van der Waals surface area contributed by atoms with Crippen LogP contribution in [0.5, 0.6) is 5.75 Å². The Hall–Kier alpha value is -3.10. The second kappa shape index (κ2) is 7.86. The average Bonchev–Trinajstić information content (AvgIpc) is 3.33. The fourth-order valence-corrected chi connectivity index (χ4v) is 4.06. The van der Waals surface area contributed by atoms with Crippen LogP contribution in [-0.2, 0) is 6.54 Å². The van der Waals surface area contributed by atoms with Crippen molar-refractivity contribution in [2.45, 2.75) is 39.0 Å². The number of hydrogen-bond acceptors (Lipinski definition) is 6. The van der Waals surface area contributed by atoms with Gasteiger partial charge in [0.15, 0.2) is 23.0 Å². The molecule has 7 nitrogen and oxygen atoms in total. The third-order valence-corrected chi connectivity index (χ3v) is 5.51. The lowest BCUT2D eigenvalue weighted by molar-refractivity contribution is 0.231. The van der Waals surface area contributed by atoms with E-state index in [1.54, 1.807) is 6.07 Å². The molecule has 1 aliphatic heterocycles. The number of hydrogen-bond donors (Lipinski definition) is 1. The van der Waals surface area contributed by atoms with E-state index in [2.05, 4.69) is 27.4 Å². The van der Waals surface area contributed by atoms with Crippen LogP contribution < -0.4 is 10.5 Å². The standard InChI is InChI=1S/C23H25FN6O/c1-14(2)31-21-10-20-16(9-18(21)24)4-5-19(26-20)23-28-27-22-6-3-15(12-30(22)23)11-29-8-7-17(25)13-29/h3-6,9-10,12,14,17H,7-8,11,13,25H2,1-2H3. The van der Waals surface area contributed by atoms with Gasteiger partial charge in [0.25, 0.3) is 0 Å². The molecule has 5 rings (SSSR count). The molecule has 8 heteroatoms. The van der Waals surface area contributed by atoms with Gasteiger partial charge < -0.3 is 10.5 Å². The molecule has 0 aliphatic carbocycles. The van der Waals surface area contributed by atoms with Gasteiger partial charge in [0.2, 0.25) is 0 Å². The molecule has 0 amide bonds. The first-order valence-corrected chi connectivity index (χ1v) is 10.6. The van der Waals surface area contributed by atoms with E-state index in [0.29, 0.717) is 22.4 Å². The summed E-state index contributed by atoms with van der Waals surface area (Å²) in [5.41, 5.74) is 9.27. The zero-order valence-electron chi connectivity index (χ0n) is 17.6. The molecule has 3 aromatic heterocycles. The van der Waals surface area contributed by atoms with Gasteiger partial charge in [-0.1, -0.05) is 12.1 Å². The number of aromatic nitrogens is 4. The van der Waals surface area contributed by atoms with Crippen LogP contribution in [-0.4, -0.2) is 49.7 Å². The number of ether oxygens (including phenoxy) is 1. The molecule has 4 heterocycles. The molecule has 1 saturated heterocycles. The van der Waals surface area contributed by atoms with Crippen LogP contribution >= 0.6 is 0 Å². The lowest BCUT2D eigenvalue weighted by Crippen LogP contribution is -2.26. The van der Waals surface area contributed by atoms with E-state index in [4.69, 9.17) is 15.5 Å². The van der Waals surface area contributed by atoms with Gasteiger partial charge in [-0.2, -0.15) is 0 Å². The normalized spacial score (nSPS) is 17.3. The van der Waals surface area contributed by atoms with E-state index in [-0.39, 0.29) is 17.9 Å². The second-order valence-corrected chi connectivity index (χ2v) is 8.41. The van der Waals surface area contributed by atoms with E-state index < -0.39 is 5.82 Å². The number of fused-ring (bicyclic) bond motifs is 2. The summed E-state index contributed by atoms with van der Waals surface area (Å²) in [6.45, 7) is 6.49. The van der Waals surface area contributed by atoms with Crippen LogP contribution in [0.2, 0.25) is 0 Å². The van der Waals surface area contributed by atoms with E-state index in [1.807, 2.05) is 36.4 Å². The average molecular weight is 420 g/mol. The summed E-state index contributed by atoms with van der Waals surface area (Å²) in [7, 11) is 0. The number of benzene rings is 1. The number of pyridine rings is 2. The largest absolute Gasteiger partial charge is 0.488 e. The van der Waals surface area contributed by atoms with Crippen molar-refractivity contribution in [3.05, 3.63) is 54.0 Å². The highest BCUT2D eigenvalue weighted by molar-refractivity contribution is 5.82. The monoisotopic (exact) mass is 420 g/mol. The van der Waals surface area contributed by atoms with Crippen molar-refractivity contribution in [2.24, 2.45) is 5.73 Å². The molecule has 0 spiro atoms. The summed E-state index contributed by atoms with van der Waals surface area (Å²) in [6, 6.07) is 11.1. The van der Waals surface area contributed by atoms with Gasteiger partial charge in [0.05, 0.1) is 11.6 Å². The van der Waals surface area contributed by atoms with E-state index >= 15 is 0 Å². The Morgan fingerprint density at radius 2 is 2.06 bits per heavy atom. The number of likely N-dealkylation sites (tertiary alicyclic amines) is 1. The van der Waals surface area contributed by atoms with Gasteiger partial charge in [0.1, 0.15) is 5.69 Å². The first-order chi connectivity index (χ1) is 15.0. The summed E-state index contributed by atoms with van der Waals surface area (Å²) < 4.78 is 21.8. The third kappa shape index (κ3) is 3.96. The predicted molar refractivity (Wildman–Crippen MR) is 117 cm³/mol. The highest BCUT2D eigenvalue weighted by atomic mass is 19.1. The van der Waals surface area contributed by atoms with Crippen LogP contribution in [0.25, 0.3) is 28.1 Å². The molecule has 1 atom stereocenters. The van der Waals surface area contributed by atoms with E-state index in [1.165, 1.54) is 6.07 Å². The minimum Gasteiger partial charge on any atom is -0.488 e. The lowest BCUT2D eigenvalue weighted by Gasteiger charge is -2.15. The highest BCUT2D eigenvalue weighted by Gasteiger charge is 2.19. The maximum atomic E-state index is 14.3. The summed E-state index contributed by atoms with van der Waals surface area (Å²) in [5.74, 6) is 0.451. The van der Waals surface area contributed by atoms with Gasteiger partial charge in [-0.05, 0) is 44.0 Å². The number of halogens is 1. The molecule has 2 N–H and O–H groups in total. The van der Waals surface area contributed by atoms with Crippen molar-refractivity contribution in [2.75, 3.05) is 13.1 Å². The Labute approximate surface area is 179 Å². The van der Waals surface area contributed by atoms with Gasteiger partial charge >= 0.3 is 0 Å². The van der Waals surface area contributed by atoms with Crippen LogP contribution in [0.15, 0.2) is 42.6 Å². The van der Waals surface area contributed by atoms with Crippen LogP contribution in [0, 0.1) is 5.82 Å². The first kappa shape index (κ1) is 19.8. The quantitative estimate of drug-likeness (QED) is 0.533. The van der Waals surface area contributed by atoms with Crippen molar-refractivity contribution in [3.63, 3.8) is 0 Å². The molecule has 160 valence electrons. The minimum absolute atomic E-state index is 0.126. The maximum Gasteiger partial charge on any atom is 0.187 e. The van der Waals surface area contributed by atoms with Gasteiger partial charge in [-0.3, -0.25) is 9.30 Å². The molecule has 1 aromatic carbocycles. The fourth-order valence-electron chi connectivity index (χ4n) is 4.06. The van der Waals surface area contributed by atoms with E-state index in [0.717, 1.165) is 37.3 Å². The first-order valence-electron chi connectivity index (χ1n) is 10.6. The second-order valence-electron chi connectivity index (χ2n) is 8.41. The summed E-state index contributed by atoms with van der Waals surface area (Å²) in [6.07, 6.45) is 2.96. The molecule has 31 heavy (non-hydrogen) atoms. The van der Waals surface area contributed by atoms with Crippen molar-refractivity contribution < 1.29 is 9.13 Å². The highest BCUT2D eigenvalue weighted by Crippen LogP contribution is 2.27. The Kier molecular flexibility index (Phi) is 5.03. The van der Waals surface area contributed by atoms with Crippen LogP contribution in [0.3, 0.4) is 0 Å². The van der Waals surface area contributed by atoms with Crippen molar-refractivity contribution >= 4 is 16.6 Å². The molecule has 4 aromatic rings. The van der Waals surface area contributed by atoms with Crippen molar-refractivity contribution in [1.82, 2.24) is 24.5 Å². The van der Waals surface area contributed by atoms with Crippen molar-refractivity contribution in [1.29, 1.82) is 0 Å². The van der Waals surface area contributed by atoms with E-state index in [9.17, 15) is 4.39 Å². The van der Waals surface area contributed by atoms with Crippen LogP contribution in [0.4, 0.5) is 4.39 Å². The minimum atomic E-state index is -0.394. The SMILES string of the molecule is CC(C)Oc1cc2nc(-c3nnc4ccc(CN5CCC(N)C5)cn34)ccc2cc1F.